The van der Waals surface area contributed by atoms with E-state index >= 15 is 0 Å². The smallest absolute Gasteiger partial charge is 0.315 e. The molecule has 0 fully saturated rings. The Bertz CT molecular complexity index is 360. The summed E-state index contributed by atoms with van der Waals surface area (Å²) in [7, 11) is 1.67. The number of aromatic nitrogens is 2. The molecule has 0 aromatic carbocycles. The maximum Gasteiger partial charge on any atom is 0.315 e. The first-order chi connectivity index (χ1) is 8.93. The van der Waals surface area contributed by atoms with E-state index in [4.69, 9.17) is 9.15 Å². The molecule has 110 valence electrons. The molecule has 0 aliphatic heterocycles. The predicted molar refractivity (Wildman–Crippen MR) is 75.0 cm³/mol. The van der Waals surface area contributed by atoms with Gasteiger partial charge in [-0.05, 0) is 11.3 Å². The number of ether oxygens (including phenoxy) is 1. The number of methoxy groups -OCH3 is 1. The SMILES string of the molecule is COCCNCc1nnc(NCC(C)C(C)(C)C)o1. The van der Waals surface area contributed by atoms with Crippen LogP contribution in [0, 0.1) is 11.3 Å². The van der Waals surface area contributed by atoms with Gasteiger partial charge in [0.1, 0.15) is 0 Å². The molecule has 0 amide bonds. The highest BCUT2D eigenvalue weighted by molar-refractivity contribution is 5.17. The van der Waals surface area contributed by atoms with Crippen LogP contribution < -0.4 is 10.6 Å². The summed E-state index contributed by atoms with van der Waals surface area (Å²) in [6.45, 7) is 11.7. The Labute approximate surface area is 115 Å². The van der Waals surface area contributed by atoms with Crippen molar-refractivity contribution in [1.82, 2.24) is 15.5 Å². The molecule has 6 heteroatoms. The highest BCUT2D eigenvalue weighted by atomic mass is 16.5. The first-order valence-electron chi connectivity index (χ1n) is 6.69. The minimum atomic E-state index is 0.261. The summed E-state index contributed by atoms with van der Waals surface area (Å²) in [6.07, 6.45) is 0. The Hall–Kier alpha value is -1.14. The fraction of sp³-hybridized carbons (Fsp3) is 0.846. The summed E-state index contributed by atoms with van der Waals surface area (Å²) in [5.74, 6) is 1.10. The van der Waals surface area contributed by atoms with Gasteiger partial charge in [-0.25, -0.2) is 0 Å². The molecular formula is C13H26N4O2. The van der Waals surface area contributed by atoms with Crippen molar-refractivity contribution in [3.8, 4) is 0 Å². The molecular weight excluding hydrogens is 244 g/mol. The van der Waals surface area contributed by atoms with E-state index in [1.54, 1.807) is 7.11 Å². The third kappa shape index (κ3) is 6.02. The number of hydrogen-bond acceptors (Lipinski definition) is 6. The topological polar surface area (TPSA) is 72.2 Å². The van der Waals surface area contributed by atoms with Gasteiger partial charge < -0.3 is 19.8 Å². The molecule has 6 nitrogen and oxygen atoms in total. The molecule has 0 bridgehead atoms. The second kappa shape index (κ2) is 7.45. The van der Waals surface area contributed by atoms with Crippen LogP contribution in [0.1, 0.15) is 33.6 Å². The van der Waals surface area contributed by atoms with Crippen LogP contribution in [0.3, 0.4) is 0 Å². The first-order valence-corrected chi connectivity index (χ1v) is 6.69. The van der Waals surface area contributed by atoms with Gasteiger partial charge in [0, 0.05) is 20.2 Å². The normalized spacial score (nSPS) is 13.5. The Morgan fingerprint density at radius 1 is 1.32 bits per heavy atom. The Morgan fingerprint density at radius 2 is 2.05 bits per heavy atom. The predicted octanol–water partition coefficient (Wildman–Crippen LogP) is 1.90. The Morgan fingerprint density at radius 3 is 2.68 bits per heavy atom. The van der Waals surface area contributed by atoms with Gasteiger partial charge in [0.2, 0.25) is 5.89 Å². The van der Waals surface area contributed by atoms with Crippen molar-refractivity contribution in [2.24, 2.45) is 11.3 Å². The Balaban J connectivity index is 2.30. The maximum absolute atomic E-state index is 5.49. The second-order valence-corrected chi connectivity index (χ2v) is 5.82. The summed E-state index contributed by atoms with van der Waals surface area (Å²) in [5, 5.41) is 14.3. The third-order valence-electron chi connectivity index (χ3n) is 3.26. The molecule has 1 atom stereocenters. The molecule has 0 aliphatic rings. The lowest BCUT2D eigenvalue weighted by Gasteiger charge is -2.26. The van der Waals surface area contributed by atoms with Crippen LogP contribution in [0.5, 0.6) is 0 Å². The average Bonchev–Trinajstić information content (AvgIpc) is 2.78. The molecule has 0 radical (unpaired) electrons. The van der Waals surface area contributed by atoms with E-state index in [1.807, 2.05) is 0 Å². The fourth-order valence-corrected chi connectivity index (χ4v) is 1.31. The summed E-state index contributed by atoms with van der Waals surface area (Å²) >= 11 is 0. The van der Waals surface area contributed by atoms with Crippen molar-refractivity contribution in [3.05, 3.63) is 5.89 Å². The van der Waals surface area contributed by atoms with E-state index in [-0.39, 0.29) is 5.41 Å². The molecule has 2 N–H and O–H groups in total. The maximum atomic E-state index is 5.49. The first kappa shape index (κ1) is 15.9. The molecule has 1 aromatic heterocycles. The number of rotatable bonds is 8. The molecule has 0 saturated carbocycles. The van der Waals surface area contributed by atoms with E-state index in [0.717, 1.165) is 13.1 Å². The van der Waals surface area contributed by atoms with Crippen LogP contribution in [-0.4, -0.2) is 37.0 Å². The van der Waals surface area contributed by atoms with E-state index in [2.05, 4.69) is 48.5 Å². The van der Waals surface area contributed by atoms with Gasteiger partial charge in [-0.2, -0.15) is 0 Å². The van der Waals surface area contributed by atoms with Crippen molar-refractivity contribution in [2.45, 2.75) is 34.2 Å². The van der Waals surface area contributed by atoms with E-state index < -0.39 is 0 Å². The number of nitrogens with one attached hydrogen (secondary N) is 2. The number of hydrogen-bond donors (Lipinski definition) is 2. The van der Waals surface area contributed by atoms with Crippen molar-refractivity contribution < 1.29 is 9.15 Å². The molecule has 1 unspecified atom stereocenters. The summed E-state index contributed by atoms with van der Waals surface area (Å²) in [5.41, 5.74) is 0.261. The van der Waals surface area contributed by atoms with E-state index in [9.17, 15) is 0 Å². The Kier molecular flexibility index (Phi) is 6.24. The van der Waals surface area contributed by atoms with Crippen LogP contribution in [0.4, 0.5) is 6.01 Å². The lowest BCUT2D eigenvalue weighted by molar-refractivity contribution is 0.198. The third-order valence-corrected chi connectivity index (χ3v) is 3.26. The number of nitrogens with zero attached hydrogens (tertiary/aromatic N) is 2. The highest BCUT2D eigenvalue weighted by Gasteiger charge is 2.20. The van der Waals surface area contributed by atoms with Crippen LogP contribution >= 0.6 is 0 Å². The largest absolute Gasteiger partial charge is 0.407 e. The molecule has 19 heavy (non-hydrogen) atoms. The summed E-state index contributed by atoms with van der Waals surface area (Å²) in [6, 6.07) is 0.486. The van der Waals surface area contributed by atoms with Crippen LogP contribution in [-0.2, 0) is 11.3 Å². The zero-order valence-corrected chi connectivity index (χ0v) is 12.6. The van der Waals surface area contributed by atoms with Crippen molar-refractivity contribution in [3.63, 3.8) is 0 Å². The fourth-order valence-electron chi connectivity index (χ4n) is 1.31. The number of anilines is 1. The summed E-state index contributed by atoms with van der Waals surface area (Å²) in [4.78, 5) is 0. The molecule has 1 heterocycles. The summed E-state index contributed by atoms with van der Waals surface area (Å²) < 4.78 is 10.4. The zero-order chi connectivity index (χ0) is 14.3. The molecule has 0 saturated heterocycles. The van der Waals surface area contributed by atoms with E-state index in [0.29, 0.717) is 31.0 Å². The monoisotopic (exact) mass is 270 g/mol. The second-order valence-electron chi connectivity index (χ2n) is 5.82. The van der Waals surface area contributed by atoms with Crippen molar-refractivity contribution >= 4 is 6.01 Å². The standard InChI is InChI=1S/C13H26N4O2/c1-10(13(2,3)4)8-15-12-17-16-11(19-12)9-14-6-7-18-5/h10,14H,6-9H2,1-5H3,(H,15,17). The van der Waals surface area contributed by atoms with Gasteiger partial charge in [-0.1, -0.05) is 32.8 Å². The quantitative estimate of drug-likeness (QED) is 0.703. The van der Waals surface area contributed by atoms with Gasteiger partial charge in [-0.3, -0.25) is 0 Å². The molecule has 0 spiro atoms. The molecule has 0 aliphatic carbocycles. The minimum Gasteiger partial charge on any atom is -0.407 e. The van der Waals surface area contributed by atoms with Crippen molar-refractivity contribution in [1.29, 1.82) is 0 Å². The molecule has 1 aromatic rings. The van der Waals surface area contributed by atoms with Crippen LogP contribution in [0.15, 0.2) is 4.42 Å². The molecule has 1 rings (SSSR count). The highest BCUT2D eigenvalue weighted by Crippen LogP contribution is 2.25. The van der Waals surface area contributed by atoms with E-state index in [1.165, 1.54) is 0 Å². The zero-order valence-electron chi connectivity index (χ0n) is 12.6. The van der Waals surface area contributed by atoms with Gasteiger partial charge in [0.15, 0.2) is 0 Å². The lowest BCUT2D eigenvalue weighted by atomic mass is 9.82. The lowest BCUT2D eigenvalue weighted by Crippen LogP contribution is -2.24. The van der Waals surface area contributed by atoms with Gasteiger partial charge in [0.25, 0.3) is 0 Å². The van der Waals surface area contributed by atoms with Gasteiger partial charge >= 0.3 is 6.01 Å². The minimum absolute atomic E-state index is 0.261. The van der Waals surface area contributed by atoms with Crippen LogP contribution in [0.25, 0.3) is 0 Å². The van der Waals surface area contributed by atoms with Gasteiger partial charge in [0.05, 0.1) is 13.2 Å². The average molecular weight is 270 g/mol. The van der Waals surface area contributed by atoms with Crippen molar-refractivity contribution in [2.75, 3.05) is 32.1 Å². The van der Waals surface area contributed by atoms with Gasteiger partial charge in [-0.15, -0.1) is 5.10 Å². The van der Waals surface area contributed by atoms with Crippen LogP contribution in [0.2, 0.25) is 0 Å².